The molecule has 0 spiro atoms. The predicted octanol–water partition coefficient (Wildman–Crippen LogP) is 0.917. The van der Waals surface area contributed by atoms with Crippen LogP contribution in [0.25, 0.3) is 0 Å². The fourth-order valence-corrected chi connectivity index (χ4v) is 1.26. The van der Waals surface area contributed by atoms with Gasteiger partial charge in [0.25, 0.3) is 0 Å². The first-order chi connectivity index (χ1) is 5.09. The Morgan fingerprint density at radius 2 is 2.36 bits per heavy atom. The zero-order chi connectivity index (χ0) is 8.43. The van der Waals surface area contributed by atoms with E-state index >= 15 is 0 Å². The van der Waals surface area contributed by atoms with Crippen LogP contribution in [-0.2, 0) is 14.3 Å². The summed E-state index contributed by atoms with van der Waals surface area (Å²) in [5, 5.41) is 0. The predicted molar refractivity (Wildman–Crippen MR) is 39.0 cm³/mol. The van der Waals surface area contributed by atoms with Gasteiger partial charge in [-0.2, -0.15) is 0 Å². The number of ether oxygens (including phenoxy) is 1. The van der Waals surface area contributed by atoms with Crippen LogP contribution >= 0.6 is 0 Å². The van der Waals surface area contributed by atoms with Crippen molar-refractivity contribution in [3.8, 4) is 0 Å². The summed E-state index contributed by atoms with van der Waals surface area (Å²) in [4.78, 5) is 21.5. The van der Waals surface area contributed by atoms with Crippen molar-refractivity contribution in [3.05, 3.63) is 0 Å². The Balaban J connectivity index is 2.41. The van der Waals surface area contributed by atoms with Gasteiger partial charge in [0.05, 0.1) is 5.92 Å². The first-order valence-corrected chi connectivity index (χ1v) is 3.79. The second kappa shape index (κ2) is 3.03. The minimum atomic E-state index is -0.170. The van der Waals surface area contributed by atoms with Crippen LogP contribution in [-0.4, -0.2) is 17.9 Å². The monoisotopic (exact) mass is 156 g/mol. The highest BCUT2D eigenvalue weighted by Crippen LogP contribution is 2.22. The summed E-state index contributed by atoms with van der Waals surface area (Å²) >= 11 is 0. The van der Waals surface area contributed by atoms with Crippen molar-refractivity contribution in [2.45, 2.75) is 32.8 Å². The first kappa shape index (κ1) is 8.24. The SMILES string of the molecule is CC(=O)CC1CC(C)C(=O)O1. The minimum Gasteiger partial charge on any atom is -0.462 e. The van der Waals surface area contributed by atoms with Gasteiger partial charge in [0.2, 0.25) is 0 Å². The summed E-state index contributed by atoms with van der Waals surface area (Å²) < 4.78 is 4.92. The quantitative estimate of drug-likeness (QED) is 0.558. The van der Waals surface area contributed by atoms with Gasteiger partial charge in [-0.25, -0.2) is 0 Å². The van der Waals surface area contributed by atoms with Gasteiger partial charge < -0.3 is 4.74 Å². The molecule has 1 rings (SSSR count). The van der Waals surface area contributed by atoms with Gasteiger partial charge in [-0.1, -0.05) is 6.92 Å². The third-order valence-electron chi connectivity index (χ3n) is 1.82. The van der Waals surface area contributed by atoms with E-state index in [-0.39, 0.29) is 23.8 Å². The number of rotatable bonds is 2. The smallest absolute Gasteiger partial charge is 0.309 e. The lowest BCUT2D eigenvalue weighted by molar-refractivity contribution is -0.144. The molecular weight excluding hydrogens is 144 g/mol. The van der Waals surface area contributed by atoms with Crippen molar-refractivity contribution in [2.24, 2.45) is 5.92 Å². The van der Waals surface area contributed by atoms with E-state index in [2.05, 4.69) is 0 Å². The van der Waals surface area contributed by atoms with Crippen molar-refractivity contribution in [1.82, 2.24) is 0 Å². The average Bonchev–Trinajstić information content (AvgIpc) is 2.10. The molecule has 11 heavy (non-hydrogen) atoms. The first-order valence-electron chi connectivity index (χ1n) is 3.79. The Bertz CT molecular complexity index is 184. The summed E-state index contributed by atoms with van der Waals surface area (Å²) in [6, 6.07) is 0. The van der Waals surface area contributed by atoms with E-state index in [4.69, 9.17) is 4.74 Å². The third kappa shape index (κ3) is 2.03. The molecule has 1 fully saturated rings. The minimum absolute atomic E-state index is 0.0284. The molecule has 0 aromatic carbocycles. The lowest BCUT2D eigenvalue weighted by Crippen LogP contribution is -2.10. The Morgan fingerprint density at radius 1 is 1.73 bits per heavy atom. The van der Waals surface area contributed by atoms with Crippen LogP contribution in [0.15, 0.2) is 0 Å². The van der Waals surface area contributed by atoms with Crippen molar-refractivity contribution >= 4 is 11.8 Å². The maximum absolute atomic E-state index is 10.8. The highest BCUT2D eigenvalue weighted by molar-refractivity contribution is 5.78. The van der Waals surface area contributed by atoms with E-state index in [1.165, 1.54) is 6.92 Å². The summed E-state index contributed by atoms with van der Waals surface area (Å²) in [5.41, 5.74) is 0. The van der Waals surface area contributed by atoms with Crippen LogP contribution in [0.4, 0.5) is 0 Å². The molecular formula is C8H12O3. The molecule has 0 aliphatic carbocycles. The number of cyclic esters (lactones) is 1. The summed E-state index contributed by atoms with van der Waals surface area (Å²) in [5.74, 6) is -0.118. The number of Topliss-reactive ketones (excluding diaryl/α,β-unsaturated/α-hetero) is 1. The molecule has 0 radical (unpaired) electrons. The number of hydrogen-bond donors (Lipinski definition) is 0. The summed E-state index contributed by atoms with van der Waals surface area (Å²) in [7, 11) is 0. The highest BCUT2D eigenvalue weighted by atomic mass is 16.5. The van der Waals surface area contributed by atoms with Gasteiger partial charge >= 0.3 is 5.97 Å². The zero-order valence-corrected chi connectivity index (χ0v) is 6.79. The number of carbonyl (C=O) groups excluding carboxylic acids is 2. The normalized spacial score (nSPS) is 30.2. The van der Waals surface area contributed by atoms with Crippen LogP contribution in [0.3, 0.4) is 0 Å². The maximum Gasteiger partial charge on any atom is 0.309 e. The van der Waals surface area contributed by atoms with E-state index in [9.17, 15) is 9.59 Å². The molecule has 0 aromatic heterocycles. The Kier molecular flexibility index (Phi) is 2.27. The van der Waals surface area contributed by atoms with E-state index < -0.39 is 0 Å². The number of ketones is 1. The molecule has 2 unspecified atom stereocenters. The molecule has 3 heteroatoms. The van der Waals surface area contributed by atoms with Crippen LogP contribution < -0.4 is 0 Å². The van der Waals surface area contributed by atoms with E-state index in [1.54, 1.807) is 0 Å². The van der Waals surface area contributed by atoms with Crippen LogP contribution in [0.1, 0.15) is 26.7 Å². The van der Waals surface area contributed by atoms with Crippen molar-refractivity contribution in [1.29, 1.82) is 0 Å². The van der Waals surface area contributed by atoms with Gasteiger partial charge in [-0.3, -0.25) is 9.59 Å². The standard InChI is InChI=1S/C8H12O3/c1-5-3-7(4-6(2)9)11-8(5)10/h5,7H,3-4H2,1-2H3. The van der Waals surface area contributed by atoms with Gasteiger partial charge in [0, 0.05) is 6.42 Å². The Morgan fingerprint density at radius 3 is 2.73 bits per heavy atom. The van der Waals surface area contributed by atoms with Crippen molar-refractivity contribution in [3.63, 3.8) is 0 Å². The third-order valence-corrected chi connectivity index (χ3v) is 1.82. The molecule has 62 valence electrons. The molecule has 1 aliphatic heterocycles. The van der Waals surface area contributed by atoms with Crippen LogP contribution in [0.5, 0.6) is 0 Å². The highest BCUT2D eigenvalue weighted by Gasteiger charge is 2.31. The summed E-state index contributed by atoms with van der Waals surface area (Å²) in [6.45, 7) is 3.33. The van der Waals surface area contributed by atoms with Gasteiger partial charge in [-0.15, -0.1) is 0 Å². The molecule has 0 bridgehead atoms. The summed E-state index contributed by atoms with van der Waals surface area (Å²) in [6.07, 6.45) is 0.907. The molecule has 0 N–H and O–H groups in total. The molecule has 0 amide bonds. The van der Waals surface area contributed by atoms with Gasteiger partial charge in [0.1, 0.15) is 11.9 Å². The Labute approximate surface area is 65.7 Å². The van der Waals surface area contributed by atoms with Crippen LogP contribution in [0.2, 0.25) is 0 Å². The molecule has 1 saturated heterocycles. The van der Waals surface area contributed by atoms with Gasteiger partial charge in [0.15, 0.2) is 0 Å². The molecule has 2 atom stereocenters. The average molecular weight is 156 g/mol. The largest absolute Gasteiger partial charge is 0.462 e. The topological polar surface area (TPSA) is 43.4 Å². The second-order valence-corrected chi connectivity index (χ2v) is 3.10. The molecule has 1 aliphatic rings. The number of esters is 1. The Hall–Kier alpha value is -0.860. The molecule has 0 saturated carbocycles. The van der Waals surface area contributed by atoms with Gasteiger partial charge in [-0.05, 0) is 13.3 Å². The van der Waals surface area contributed by atoms with Crippen molar-refractivity contribution in [2.75, 3.05) is 0 Å². The van der Waals surface area contributed by atoms with E-state index in [1.807, 2.05) is 6.92 Å². The van der Waals surface area contributed by atoms with Crippen molar-refractivity contribution < 1.29 is 14.3 Å². The molecule has 3 nitrogen and oxygen atoms in total. The van der Waals surface area contributed by atoms with E-state index in [0.29, 0.717) is 12.8 Å². The number of hydrogen-bond acceptors (Lipinski definition) is 3. The molecule has 0 aromatic rings. The molecule has 1 heterocycles. The van der Waals surface area contributed by atoms with Crippen LogP contribution in [0, 0.1) is 5.92 Å². The fraction of sp³-hybridized carbons (Fsp3) is 0.750. The lowest BCUT2D eigenvalue weighted by atomic mass is 10.0. The fourth-order valence-electron chi connectivity index (χ4n) is 1.26. The number of carbonyl (C=O) groups is 2. The lowest BCUT2D eigenvalue weighted by Gasteiger charge is -2.04. The maximum atomic E-state index is 10.8. The van der Waals surface area contributed by atoms with E-state index in [0.717, 1.165) is 0 Å². The second-order valence-electron chi connectivity index (χ2n) is 3.10. The zero-order valence-electron chi connectivity index (χ0n) is 6.79.